The largest absolute Gasteiger partial charge is 0.246 e. The molecule has 0 bridgehead atoms. The second kappa shape index (κ2) is 6.95. The van der Waals surface area contributed by atoms with E-state index in [2.05, 4.69) is 5.10 Å². The van der Waals surface area contributed by atoms with Crippen LogP contribution in [0.2, 0.25) is 5.02 Å². The number of hydrogen-bond donors (Lipinski definition) is 0. The van der Waals surface area contributed by atoms with Gasteiger partial charge in [-0.05, 0) is 30.3 Å². The Morgan fingerprint density at radius 1 is 1.20 bits per heavy atom. The number of benzene rings is 2. The van der Waals surface area contributed by atoms with Crippen molar-refractivity contribution in [1.82, 2.24) is 14.1 Å². The van der Waals surface area contributed by atoms with Crippen molar-refractivity contribution in [1.29, 1.82) is 0 Å². The van der Waals surface area contributed by atoms with Crippen LogP contribution in [0.1, 0.15) is 5.56 Å². The lowest BCUT2D eigenvalue weighted by Gasteiger charge is -2.16. The normalized spacial score (nSPS) is 11.8. The standard InChI is InChI=1S/C17H15ClFN3O2S/c1-21(25(23,24)17-8-7-14(18)9-16(17)19)11-13-10-20-22(12-13)15-5-3-2-4-6-15/h2-10,12H,11H2,1H3. The highest BCUT2D eigenvalue weighted by Gasteiger charge is 2.25. The summed E-state index contributed by atoms with van der Waals surface area (Å²) < 4.78 is 41.8. The topological polar surface area (TPSA) is 55.2 Å². The molecule has 0 saturated carbocycles. The lowest BCUT2D eigenvalue weighted by molar-refractivity contribution is 0.460. The highest BCUT2D eigenvalue weighted by Crippen LogP contribution is 2.23. The van der Waals surface area contributed by atoms with Crippen LogP contribution in [0, 0.1) is 5.82 Å². The molecule has 3 aromatic rings. The van der Waals surface area contributed by atoms with Crippen LogP contribution in [0.4, 0.5) is 4.39 Å². The van der Waals surface area contributed by atoms with E-state index in [1.807, 2.05) is 30.3 Å². The van der Waals surface area contributed by atoms with Crippen LogP contribution in [-0.4, -0.2) is 29.6 Å². The Labute approximate surface area is 150 Å². The van der Waals surface area contributed by atoms with E-state index in [1.165, 1.54) is 13.1 Å². The van der Waals surface area contributed by atoms with Gasteiger partial charge in [0.2, 0.25) is 10.0 Å². The molecule has 0 aliphatic rings. The van der Waals surface area contributed by atoms with Crippen molar-refractivity contribution in [3.05, 3.63) is 77.3 Å². The molecule has 0 aliphatic carbocycles. The lowest BCUT2D eigenvalue weighted by atomic mass is 10.3. The first kappa shape index (κ1) is 17.6. The molecule has 3 rings (SSSR count). The predicted octanol–water partition coefficient (Wildman–Crippen LogP) is 3.49. The molecule has 2 aromatic carbocycles. The van der Waals surface area contributed by atoms with Crippen molar-refractivity contribution in [3.8, 4) is 5.69 Å². The maximum absolute atomic E-state index is 14.0. The summed E-state index contributed by atoms with van der Waals surface area (Å²) in [6.07, 6.45) is 3.32. The van der Waals surface area contributed by atoms with Gasteiger partial charge in [0.15, 0.2) is 0 Å². The Morgan fingerprint density at radius 2 is 1.92 bits per heavy atom. The van der Waals surface area contributed by atoms with Crippen LogP contribution in [0.25, 0.3) is 5.69 Å². The molecule has 8 heteroatoms. The minimum Gasteiger partial charge on any atom is -0.241 e. The molecule has 25 heavy (non-hydrogen) atoms. The van der Waals surface area contributed by atoms with E-state index in [4.69, 9.17) is 11.6 Å². The van der Waals surface area contributed by atoms with Crippen LogP contribution in [-0.2, 0) is 16.6 Å². The zero-order valence-electron chi connectivity index (χ0n) is 13.3. The molecule has 130 valence electrons. The molecule has 0 N–H and O–H groups in total. The molecule has 0 fully saturated rings. The number of nitrogens with zero attached hydrogens (tertiary/aromatic N) is 3. The van der Waals surface area contributed by atoms with E-state index >= 15 is 0 Å². The summed E-state index contributed by atoms with van der Waals surface area (Å²) in [5.74, 6) is -0.876. The van der Waals surface area contributed by atoms with Crippen LogP contribution in [0.3, 0.4) is 0 Å². The van der Waals surface area contributed by atoms with Gasteiger partial charge in [-0.25, -0.2) is 17.5 Å². The van der Waals surface area contributed by atoms with Gasteiger partial charge >= 0.3 is 0 Å². The van der Waals surface area contributed by atoms with Crippen LogP contribution >= 0.6 is 11.6 Å². The third-order valence-electron chi connectivity index (χ3n) is 3.64. The van der Waals surface area contributed by atoms with Gasteiger partial charge in [0.25, 0.3) is 0 Å². The minimum absolute atomic E-state index is 0.0667. The molecule has 0 atom stereocenters. The molecule has 0 radical (unpaired) electrons. The monoisotopic (exact) mass is 379 g/mol. The zero-order valence-corrected chi connectivity index (χ0v) is 14.9. The highest BCUT2D eigenvalue weighted by molar-refractivity contribution is 7.89. The van der Waals surface area contributed by atoms with Gasteiger partial charge in [-0.15, -0.1) is 0 Å². The molecule has 0 amide bonds. The van der Waals surface area contributed by atoms with Crippen molar-refractivity contribution in [2.24, 2.45) is 0 Å². The quantitative estimate of drug-likeness (QED) is 0.682. The summed E-state index contributed by atoms with van der Waals surface area (Å²) in [4.78, 5) is -0.408. The van der Waals surface area contributed by atoms with Gasteiger partial charge in [0.05, 0.1) is 11.9 Å². The molecule has 1 heterocycles. The number of hydrogen-bond acceptors (Lipinski definition) is 3. The molecular formula is C17H15ClFN3O2S. The lowest BCUT2D eigenvalue weighted by Crippen LogP contribution is -2.27. The molecule has 0 aliphatic heterocycles. The van der Waals surface area contributed by atoms with Crippen molar-refractivity contribution in [2.45, 2.75) is 11.4 Å². The second-order valence-corrected chi connectivity index (χ2v) is 7.91. The Balaban J connectivity index is 1.82. The first-order valence-corrected chi connectivity index (χ1v) is 9.20. The number of aromatic nitrogens is 2. The summed E-state index contributed by atoms with van der Waals surface area (Å²) in [6.45, 7) is 0.0667. The van der Waals surface area contributed by atoms with Gasteiger partial charge in [-0.3, -0.25) is 0 Å². The molecule has 0 unspecified atom stereocenters. The van der Waals surface area contributed by atoms with E-state index in [-0.39, 0.29) is 11.6 Å². The van der Waals surface area contributed by atoms with Crippen molar-refractivity contribution >= 4 is 21.6 Å². The second-order valence-electron chi connectivity index (χ2n) is 5.46. The Kier molecular flexibility index (Phi) is 4.89. The van der Waals surface area contributed by atoms with E-state index in [0.717, 1.165) is 22.1 Å². The number of para-hydroxylation sites is 1. The predicted molar refractivity (Wildman–Crippen MR) is 93.6 cm³/mol. The summed E-state index contributed by atoms with van der Waals surface area (Å²) in [6, 6.07) is 12.9. The first-order chi connectivity index (χ1) is 11.9. The van der Waals surface area contributed by atoms with Gasteiger partial charge < -0.3 is 0 Å². The van der Waals surface area contributed by atoms with Gasteiger partial charge in [0, 0.05) is 30.4 Å². The summed E-state index contributed by atoms with van der Waals surface area (Å²) in [7, 11) is -2.59. The Hall–Kier alpha value is -2.22. The fourth-order valence-corrected chi connectivity index (χ4v) is 3.72. The van der Waals surface area contributed by atoms with Gasteiger partial charge in [0.1, 0.15) is 10.7 Å². The molecule has 5 nitrogen and oxygen atoms in total. The Bertz CT molecular complexity index is 990. The number of halogens is 2. The molecule has 0 spiro atoms. The molecular weight excluding hydrogens is 365 g/mol. The Morgan fingerprint density at radius 3 is 2.60 bits per heavy atom. The highest BCUT2D eigenvalue weighted by atomic mass is 35.5. The van der Waals surface area contributed by atoms with E-state index in [1.54, 1.807) is 17.1 Å². The number of sulfonamides is 1. The summed E-state index contributed by atoms with van der Waals surface area (Å²) >= 11 is 5.68. The zero-order chi connectivity index (χ0) is 18.0. The van der Waals surface area contributed by atoms with E-state index in [0.29, 0.717) is 5.56 Å². The molecule has 0 saturated heterocycles. The molecule has 1 aromatic heterocycles. The van der Waals surface area contributed by atoms with E-state index in [9.17, 15) is 12.8 Å². The fourth-order valence-electron chi connectivity index (χ4n) is 2.36. The fraction of sp³-hybridized carbons (Fsp3) is 0.118. The SMILES string of the molecule is CN(Cc1cnn(-c2ccccc2)c1)S(=O)(=O)c1ccc(Cl)cc1F. The van der Waals surface area contributed by atoms with Crippen LogP contribution in [0.15, 0.2) is 65.8 Å². The summed E-state index contributed by atoms with van der Waals surface area (Å²) in [5, 5.41) is 4.37. The van der Waals surface area contributed by atoms with Crippen molar-refractivity contribution in [2.75, 3.05) is 7.05 Å². The first-order valence-electron chi connectivity index (χ1n) is 7.38. The maximum atomic E-state index is 14.0. The number of rotatable bonds is 5. The smallest absolute Gasteiger partial charge is 0.241 e. The minimum atomic E-state index is -3.98. The van der Waals surface area contributed by atoms with Crippen molar-refractivity contribution < 1.29 is 12.8 Å². The van der Waals surface area contributed by atoms with Gasteiger partial charge in [-0.2, -0.15) is 9.40 Å². The van der Waals surface area contributed by atoms with Crippen LogP contribution in [0.5, 0.6) is 0 Å². The third-order valence-corrected chi connectivity index (χ3v) is 5.72. The van der Waals surface area contributed by atoms with Gasteiger partial charge in [-0.1, -0.05) is 29.8 Å². The van der Waals surface area contributed by atoms with Crippen molar-refractivity contribution in [3.63, 3.8) is 0 Å². The summed E-state index contributed by atoms with van der Waals surface area (Å²) in [5.41, 5.74) is 1.55. The van der Waals surface area contributed by atoms with E-state index < -0.39 is 20.7 Å². The maximum Gasteiger partial charge on any atom is 0.246 e. The van der Waals surface area contributed by atoms with Crippen LogP contribution < -0.4 is 0 Å². The third kappa shape index (κ3) is 3.73. The average molecular weight is 380 g/mol. The average Bonchev–Trinajstić information content (AvgIpc) is 3.04.